The summed E-state index contributed by atoms with van der Waals surface area (Å²) >= 11 is 0. The lowest BCUT2D eigenvalue weighted by Gasteiger charge is -2.17. The minimum Gasteiger partial charge on any atom is -0.493 e. The molecule has 19 heavy (non-hydrogen) atoms. The number of nitrogens with zero attached hydrogens (tertiary/aromatic N) is 2. The first-order valence-corrected chi connectivity index (χ1v) is 6.37. The minimum atomic E-state index is 0.0760. The Morgan fingerprint density at radius 3 is 3.11 bits per heavy atom. The van der Waals surface area contributed by atoms with Crippen molar-refractivity contribution >= 4 is 5.78 Å². The predicted octanol–water partition coefficient (Wildman–Crippen LogP) is 2.23. The van der Waals surface area contributed by atoms with Crippen LogP contribution in [0.3, 0.4) is 0 Å². The zero-order valence-corrected chi connectivity index (χ0v) is 10.5. The molecule has 1 aliphatic heterocycles. The van der Waals surface area contributed by atoms with Gasteiger partial charge in [-0.15, -0.1) is 0 Å². The summed E-state index contributed by atoms with van der Waals surface area (Å²) in [5, 5.41) is 0. The van der Waals surface area contributed by atoms with Gasteiger partial charge in [-0.25, -0.2) is 9.97 Å². The molecule has 2 heterocycles. The Labute approximate surface area is 111 Å². The van der Waals surface area contributed by atoms with Gasteiger partial charge in [0, 0.05) is 11.8 Å². The van der Waals surface area contributed by atoms with Crippen molar-refractivity contribution in [3.05, 3.63) is 53.6 Å². The molecule has 0 amide bonds. The quantitative estimate of drug-likeness (QED) is 0.788. The van der Waals surface area contributed by atoms with Gasteiger partial charge in [0.1, 0.15) is 12.1 Å². The summed E-state index contributed by atoms with van der Waals surface area (Å²) in [6.45, 7) is 0.765. The summed E-state index contributed by atoms with van der Waals surface area (Å²) in [5.41, 5.74) is 2.59. The van der Waals surface area contributed by atoms with E-state index in [1.807, 2.05) is 18.2 Å². The highest BCUT2D eigenvalue weighted by Gasteiger charge is 2.14. The highest BCUT2D eigenvalue weighted by molar-refractivity contribution is 5.97. The lowest BCUT2D eigenvalue weighted by molar-refractivity contribution is 0.0991. The summed E-state index contributed by atoms with van der Waals surface area (Å²) in [7, 11) is 0. The van der Waals surface area contributed by atoms with Crippen LogP contribution in [0.5, 0.6) is 5.75 Å². The molecule has 0 unspecified atom stereocenters. The molecule has 0 spiro atoms. The maximum absolute atomic E-state index is 12.2. The fourth-order valence-corrected chi connectivity index (χ4v) is 2.22. The van der Waals surface area contributed by atoms with Crippen molar-refractivity contribution in [3.63, 3.8) is 0 Å². The Morgan fingerprint density at radius 2 is 2.26 bits per heavy atom. The fraction of sp³-hybridized carbons (Fsp3) is 0.267. The van der Waals surface area contributed by atoms with E-state index in [-0.39, 0.29) is 5.78 Å². The Bertz CT molecular complexity index is 596. The molecular weight excluding hydrogens is 240 g/mol. The van der Waals surface area contributed by atoms with Crippen LogP contribution in [0.1, 0.15) is 28.0 Å². The molecule has 4 heteroatoms. The Balaban J connectivity index is 1.80. The van der Waals surface area contributed by atoms with Gasteiger partial charge in [0.2, 0.25) is 0 Å². The number of benzene rings is 1. The zero-order chi connectivity index (χ0) is 13.1. The fourth-order valence-electron chi connectivity index (χ4n) is 2.22. The van der Waals surface area contributed by atoms with E-state index >= 15 is 0 Å². The van der Waals surface area contributed by atoms with Crippen molar-refractivity contribution in [1.82, 2.24) is 9.97 Å². The largest absolute Gasteiger partial charge is 0.493 e. The van der Waals surface area contributed by atoms with Gasteiger partial charge in [0.25, 0.3) is 0 Å². The number of carbonyl (C=O) groups excluding carboxylic acids is 1. The molecule has 1 aromatic heterocycles. The smallest absolute Gasteiger partial charge is 0.168 e. The number of ether oxygens (including phenoxy) is 1. The van der Waals surface area contributed by atoms with Gasteiger partial charge in [0.15, 0.2) is 5.78 Å². The van der Waals surface area contributed by atoms with Crippen LogP contribution in [0, 0.1) is 0 Å². The normalized spacial score (nSPS) is 13.5. The van der Waals surface area contributed by atoms with Crippen LogP contribution in [0.4, 0.5) is 0 Å². The molecule has 0 saturated heterocycles. The molecule has 0 fully saturated rings. The molecular formula is C15H14N2O2. The van der Waals surface area contributed by atoms with Crippen LogP contribution >= 0.6 is 0 Å². The van der Waals surface area contributed by atoms with E-state index in [1.54, 1.807) is 12.3 Å². The van der Waals surface area contributed by atoms with Crippen molar-refractivity contribution in [2.75, 3.05) is 6.61 Å². The average Bonchev–Trinajstić information content (AvgIpc) is 2.48. The third kappa shape index (κ3) is 2.62. The molecule has 4 nitrogen and oxygen atoms in total. The van der Waals surface area contributed by atoms with Crippen LogP contribution in [0.25, 0.3) is 0 Å². The van der Waals surface area contributed by atoms with Crippen molar-refractivity contribution in [2.24, 2.45) is 0 Å². The number of fused-ring (bicyclic) bond motifs is 1. The van der Waals surface area contributed by atoms with Gasteiger partial charge in [-0.05, 0) is 42.7 Å². The van der Waals surface area contributed by atoms with Gasteiger partial charge < -0.3 is 4.74 Å². The van der Waals surface area contributed by atoms with Crippen LogP contribution in [0.15, 0.2) is 36.8 Å². The van der Waals surface area contributed by atoms with Crippen LogP contribution in [-0.2, 0) is 12.8 Å². The Kier molecular flexibility index (Phi) is 3.23. The average molecular weight is 254 g/mol. The Morgan fingerprint density at radius 1 is 1.32 bits per heavy atom. The lowest BCUT2D eigenvalue weighted by atomic mass is 9.99. The van der Waals surface area contributed by atoms with E-state index in [0.717, 1.165) is 42.0 Å². The second kappa shape index (κ2) is 5.18. The molecule has 0 saturated carbocycles. The van der Waals surface area contributed by atoms with Gasteiger partial charge >= 0.3 is 0 Å². The van der Waals surface area contributed by atoms with Crippen molar-refractivity contribution < 1.29 is 9.53 Å². The third-order valence-electron chi connectivity index (χ3n) is 3.22. The summed E-state index contributed by atoms with van der Waals surface area (Å²) in [5.74, 6) is 0.983. The summed E-state index contributed by atoms with van der Waals surface area (Å²) in [4.78, 5) is 20.1. The predicted molar refractivity (Wildman–Crippen MR) is 70.3 cm³/mol. The summed E-state index contributed by atoms with van der Waals surface area (Å²) in [6.07, 6.45) is 5.41. The standard InChI is InChI=1S/C15H14N2O2/c18-14(9-13-5-6-16-10-17-13)11-3-4-15-12(8-11)2-1-7-19-15/h3-6,8,10H,1-2,7,9H2. The molecule has 0 bridgehead atoms. The zero-order valence-electron chi connectivity index (χ0n) is 10.5. The first-order valence-electron chi connectivity index (χ1n) is 6.37. The highest BCUT2D eigenvalue weighted by atomic mass is 16.5. The molecule has 0 N–H and O–H groups in total. The van der Waals surface area contributed by atoms with Gasteiger partial charge in [-0.1, -0.05) is 0 Å². The summed E-state index contributed by atoms with van der Waals surface area (Å²) < 4.78 is 5.54. The van der Waals surface area contributed by atoms with E-state index in [4.69, 9.17) is 4.74 Å². The molecule has 96 valence electrons. The number of ketones is 1. The molecule has 1 aromatic carbocycles. The molecule has 0 aliphatic carbocycles. The minimum absolute atomic E-state index is 0.0760. The highest BCUT2D eigenvalue weighted by Crippen LogP contribution is 2.25. The van der Waals surface area contributed by atoms with Crippen LogP contribution < -0.4 is 4.74 Å². The molecule has 3 rings (SSSR count). The molecule has 0 radical (unpaired) electrons. The topological polar surface area (TPSA) is 52.1 Å². The summed E-state index contributed by atoms with van der Waals surface area (Å²) in [6, 6.07) is 7.42. The number of carbonyl (C=O) groups is 1. The maximum atomic E-state index is 12.2. The molecule has 1 aliphatic rings. The van der Waals surface area contributed by atoms with Crippen molar-refractivity contribution in [1.29, 1.82) is 0 Å². The molecule has 0 atom stereocenters. The van der Waals surface area contributed by atoms with Crippen molar-refractivity contribution in [2.45, 2.75) is 19.3 Å². The first kappa shape index (κ1) is 11.8. The number of aryl methyl sites for hydroxylation is 1. The Hall–Kier alpha value is -2.23. The number of rotatable bonds is 3. The van der Waals surface area contributed by atoms with Gasteiger partial charge in [0.05, 0.1) is 18.7 Å². The van der Waals surface area contributed by atoms with Gasteiger partial charge in [-0.2, -0.15) is 0 Å². The monoisotopic (exact) mass is 254 g/mol. The van der Waals surface area contributed by atoms with Crippen molar-refractivity contribution in [3.8, 4) is 5.75 Å². The SMILES string of the molecule is O=C(Cc1ccncn1)c1ccc2c(c1)CCCO2. The lowest BCUT2D eigenvalue weighted by Crippen LogP contribution is -2.11. The first-order chi connectivity index (χ1) is 9.33. The second-order valence-electron chi connectivity index (χ2n) is 4.58. The van der Waals surface area contributed by atoms with E-state index in [1.165, 1.54) is 6.33 Å². The van der Waals surface area contributed by atoms with E-state index < -0.39 is 0 Å². The second-order valence-corrected chi connectivity index (χ2v) is 4.58. The number of hydrogen-bond acceptors (Lipinski definition) is 4. The van der Waals surface area contributed by atoms with E-state index in [0.29, 0.717) is 6.42 Å². The maximum Gasteiger partial charge on any atom is 0.168 e. The van der Waals surface area contributed by atoms with E-state index in [9.17, 15) is 4.79 Å². The number of hydrogen-bond donors (Lipinski definition) is 0. The molecule has 2 aromatic rings. The van der Waals surface area contributed by atoms with Crippen LogP contribution in [-0.4, -0.2) is 22.4 Å². The van der Waals surface area contributed by atoms with E-state index in [2.05, 4.69) is 9.97 Å². The van der Waals surface area contributed by atoms with Gasteiger partial charge in [-0.3, -0.25) is 4.79 Å². The number of aromatic nitrogens is 2. The third-order valence-corrected chi connectivity index (χ3v) is 3.22. The number of Topliss-reactive ketones (excluding diaryl/α,β-unsaturated/α-hetero) is 1. The van der Waals surface area contributed by atoms with Crippen LogP contribution in [0.2, 0.25) is 0 Å².